The van der Waals surface area contributed by atoms with Gasteiger partial charge in [-0.15, -0.1) is 23.1 Å². The van der Waals surface area contributed by atoms with Gasteiger partial charge in [-0.05, 0) is 29.1 Å². The standard InChI is InChI=1S/C14H13BrN2OS2/c15-12-4-1-3-11(7-12)9-19-10-14(18)17-16-8-13-5-2-6-20-13/h1-8H,9-10H2,(H,17,18)/b16-8-. The molecule has 0 spiro atoms. The van der Waals surface area contributed by atoms with Crippen molar-refractivity contribution >= 4 is 51.2 Å². The summed E-state index contributed by atoms with van der Waals surface area (Å²) in [5.74, 6) is 1.12. The monoisotopic (exact) mass is 368 g/mol. The summed E-state index contributed by atoms with van der Waals surface area (Å²) in [6.45, 7) is 0. The SMILES string of the molecule is O=C(CSCc1cccc(Br)c1)N/N=C\c1cccs1. The van der Waals surface area contributed by atoms with E-state index >= 15 is 0 Å². The number of hydrogen-bond acceptors (Lipinski definition) is 4. The number of nitrogens with zero attached hydrogens (tertiary/aromatic N) is 1. The van der Waals surface area contributed by atoms with Crippen LogP contribution in [0.4, 0.5) is 0 Å². The van der Waals surface area contributed by atoms with Crippen molar-refractivity contribution in [3.8, 4) is 0 Å². The van der Waals surface area contributed by atoms with E-state index in [9.17, 15) is 4.79 Å². The van der Waals surface area contributed by atoms with Gasteiger partial charge in [0.2, 0.25) is 5.91 Å². The summed E-state index contributed by atoms with van der Waals surface area (Å²) < 4.78 is 1.06. The Labute approximate surface area is 134 Å². The van der Waals surface area contributed by atoms with E-state index < -0.39 is 0 Å². The Morgan fingerprint density at radius 2 is 2.30 bits per heavy atom. The molecule has 2 aromatic rings. The second-order valence-electron chi connectivity index (χ2n) is 3.93. The number of hydrazone groups is 1. The van der Waals surface area contributed by atoms with Crippen molar-refractivity contribution in [3.63, 3.8) is 0 Å². The average Bonchev–Trinajstić information content (AvgIpc) is 2.92. The molecule has 0 bridgehead atoms. The number of thiophene rings is 1. The van der Waals surface area contributed by atoms with Crippen LogP contribution in [-0.4, -0.2) is 17.9 Å². The van der Waals surface area contributed by atoms with Gasteiger partial charge in [-0.1, -0.05) is 34.1 Å². The zero-order valence-electron chi connectivity index (χ0n) is 10.6. The molecule has 20 heavy (non-hydrogen) atoms. The molecule has 1 amide bonds. The van der Waals surface area contributed by atoms with Crippen LogP contribution in [-0.2, 0) is 10.5 Å². The highest BCUT2D eigenvalue weighted by atomic mass is 79.9. The molecule has 1 aromatic carbocycles. The van der Waals surface area contributed by atoms with Crippen molar-refractivity contribution in [2.45, 2.75) is 5.75 Å². The highest BCUT2D eigenvalue weighted by Gasteiger charge is 2.01. The molecule has 0 saturated heterocycles. The first-order valence-electron chi connectivity index (χ1n) is 5.91. The van der Waals surface area contributed by atoms with Crippen LogP contribution in [0.1, 0.15) is 10.4 Å². The Balaban J connectivity index is 1.68. The van der Waals surface area contributed by atoms with Crippen LogP contribution in [0.5, 0.6) is 0 Å². The molecule has 6 heteroatoms. The number of amides is 1. The van der Waals surface area contributed by atoms with Crippen LogP contribution in [0.15, 0.2) is 51.4 Å². The van der Waals surface area contributed by atoms with Crippen LogP contribution in [0.25, 0.3) is 0 Å². The van der Waals surface area contributed by atoms with Crippen molar-refractivity contribution in [2.75, 3.05) is 5.75 Å². The molecule has 0 aliphatic rings. The van der Waals surface area contributed by atoms with Crippen molar-refractivity contribution < 1.29 is 4.79 Å². The average molecular weight is 369 g/mol. The van der Waals surface area contributed by atoms with Gasteiger partial charge >= 0.3 is 0 Å². The minimum atomic E-state index is -0.0854. The number of carbonyl (C=O) groups is 1. The molecule has 0 radical (unpaired) electrons. The quantitative estimate of drug-likeness (QED) is 0.620. The molecule has 0 aliphatic carbocycles. The molecule has 0 fully saturated rings. The Morgan fingerprint density at radius 1 is 1.40 bits per heavy atom. The predicted octanol–water partition coefficient (Wildman–Crippen LogP) is 3.89. The number of thioether (sulfide) groups is 1. The van der Waals surface area contributed by atoms with Gasteiger partial charge in [0, 0.05) is 15.1 Å². The van der Waals surface area contributed by atoms with E-state index in [1.807, 2.05) is 35.7 Å². The molecular weight excluding hydrogens is 356 g/mol. The Kier molecular flexibility index (Phi) is 6.29. The number of benzene rings is 1. The van der Waals surface area contributed by atoms with Gasteiger partial charge < -0.3 is 0 Å². The summed E-state index contributed by atoms with van der Waals surface area (Å²) in [5.41, 5.74) is 3.72. The first kappa shape index (κ1) is 15.3. The summed E-state index contributed by atoms with van der Waals surface area (Å²) in [5, 5.41) is 5.89. The van der Waals surface area contributed by atoms with Gasteiger partial charge in [0.1, 0.15) is 0 Å². The van der Waals surface area contributed by atoms with Gasteiger partial charge in [-0.2, -0.15) is 5.10 Å². The van der Waals surface area contributed by atoms with Gasteiger partial charge in [-0.3, -0.25) is 4.79 Å². The summed E-state index contributed by atoms with van der Waals surface area (Å²) in [4.78, 5) is 12.6. The molecule has 1 heterocycles. The van der Waals surface area contributed by atoms with E-state index in [-0.39, 0.29) is 5.91 Å². The summed E-state index contributed by atoms with van der Waals surface area (Å²) in [6.07, 6.45) is 1.65. The van der Waals surface area contributed by atoms with E-state index in [0.717, 1.165) is 15.1 Å². The van der Waals surface area contributed by atoms with Crippen molar-refractivity contribution in [2.24, 2.45) is 5.10 Å². The van der Waals surface area contributed by atoms with Gasteiger partial charge in [-0.25, -0.2) is 5.43 Å². The number of halogens is 1. The minimum absolute atomic E-state index is 0.0854. The molecule has 0 aliphatic heterocycles. The first-order valence-corrected chi connectivity index (χ1v) is 8.74. The maximum absolute atomic E-state index is 11.6. The fraction of sp³-hybridized carbons (Fsp3) is 0.143. The van der Waals surface area contributed by atoms with E-state index in [1.54, 1.807) is 29.3 Å². The normalized spacial score (nSPS) is 10.8. The second-order valence-corrected chi connectivity index (χ2v) is 6.81. The highest BCUT2D eigenvalue weighted by Crippen LogP contribution is 2.16. The van der Waals surface area contributed by atoms with E-state index in [0.29, 0.717) is 5.75 Å². The van der Waals surface area contributed by atoms with E-state index in [1.165, 1.54) is 5.56 Å². The molecule has 0 saturated carbocycles. The summed E-state index contributed by atoms with van der Waals surface area (Å²) in [6, 6.07) is 12.0. The van der Waals surface area contributed by atoms with Crippen LogP contribution in [0.2, 0.25) is 0 Å². The molecule has 1 aromatic heterocycles. The molecule has 104 valence electrons. The molecule has 0 unspecified atom stereocenters. The smallest absolute Gasteiger partial charge is 0.250 e. The number of carbonyl (C=O) groups excluding carboxylic acids is 1. The highest BCUT2D eigenvalue weighted by molar-refractivity contribution is 9.10. The summed E-state index contributed by atoms with van der Waals surface area (Å²) >= 11 is 6.58. The lowest BCUT2D eigenvalue weighted by Crippen LogP contribution is -2.19. The lowest BCUT2D eigenvalue weighted by molar-refractivity contribution is -0.118. The van der Waals surface area contributed by atoms with Crippen molar-refractivity contribution in [3.05, 3.63) is 56.7 Å². The second kappa shape index (κ2) is 8.24. The number of rotatable bonds is 6. The molecule has 2 rings (SSSR count). The third kappa shape index (κ3) is 5.48. The predicted molar refractivity (Wildman–Crippen MR) is 90.4 cm³/mol. The van der Waals surface area contributed by atoms with Gasteiger partial charge in [0.05, 0.1) is 12.0 Å². The number of nitrogens with one attached hydrogen (secondary N) is 1. The molecule has 0 atom stereocenters. The molecule has 3 nitrogen and oxygen atoms in total. The van der Waals surface area contributed by atoms with Crippen LogP contribution >= 0.6 is 39.0 Å². The molecular formula is C14H13BrN2OS2. The lowest BCUT2D eigenvalue weighted by Gasteiger charge is -2.02. The Bertz CT molecular complexity index is 585. The van der Waals surface area contributed by atoms with Crippen molar-refractivity contribution in [1.82, 2.24) is 5.43 Å². The summed E-state index contributed by atoms with van der Waals surface area (Å²) in [7, 11) is 0. The maximum atomic E-state index is 11.6. The van der Waals surface area contributed by atoms with E-state index in [4.69, 9.17) is 0 Å². The maximum Gasteiger partial charge on any atom is 0.250 e. The Morgan fingerprint density at radius 3 is 3.05 bits per heavy atom. The van der Waals surface area contributed by atoms with E-state index in [2.05, 4.69) is 32.5 Å². The van der Waals surface area contributed by atoms with Crippen LogP contribution in [0, 0.1) is 0 Å². The minimum Gasteiger partial charge on any atom is -0.272 e. The fourth-order valence-electron chi connectivity index (χ4n) is 1.45. The zero-order valence-corrected chi connectivity index (χ0v) is 13.8. The third-order valence-electron chi connectivity index (χ3n) is 2.32. The van der Waals surface area contributed by atoms with Crippen LogP contribution in [0.3, 0.4) is 0 Å². The van der Waals surface area contributed by atoms with Gasteiger partial charge in [0.15, 0.2) is 0 Å². The van der Waals surface area contributed by atoms with Crippen molar-refractivity contribution in [1.29, 1.82) is 0 Å². The molecule has 1 N–H and O–H groups in total. The fourth-order valence-corrected chi connectivity index (χ4v) is 3.25. The van der Waals surface area contributed by atoms with Crippen LogP contribution < -0.4 is 5.43 Å². The first-order chi connectivity index (χ1) is 9.74. The third-order valence-corrected chi connectivity index (χ3v) is 4.62. The lowest BCUT2D eigenvalue weighted by atomic mass is 10.2. The van der Waals surface area contributed by atoms with Gasteiger partial charge in [0.25, 0.3) is 0 Å². The number of hydrogen-bond donors (Lipinski definition) is 1. The largest absolute Gasteiger partial charge is 0.272 e. The zero-order chi connectivity index (χ0) is 14.2. The Hall–Kier alpha value is -1.11. The topological polar surface area (TPSA) is 41.5 Å².